The van der Waals surface area contributed by atoms with Crippen LogP contribution in [-0.2, 0) is 9.59 Å². The Morgan fingerprint density at radius 3 is 2.39 bits per heavy atom. The van der Waals surface area contributed by atoms with Gasteiger partial charge in [-0.25, -0.2) is 0 Å². The number of benzene rings is 2. The van der Waals surface area contributed by atoms with E-state index in [-0.39, 0.29) is 35.9 Å². The summed E-state index contributed by atoms with van der Waals surface area (Å²) in [7, 11) is 1.58. The van der Waals surface area contributed by atoms with Crippen LogP contribution in [0, 0.1) is 18.8 Å². The third-order valence-electron chi connectivity index (χ3n) is 6.34. The Morgan fingerprint density at radius 2 is 1.71 bits per heavy atom. The molecule has 1 unspecified atom stereocenters. The molecule has 2 aromatic carbocycles. The Morgan fingerprint density at radius 1 is 1.00 bits per heavy atom. The van der Waals surface area contributed by atoms with E-state index in [1.807, 2.05) is 60.4 Å². The van der Waals surface area contributed by atoms with Gasteiger partial charge in [0.25, 0.3) is 0 Å². The molecule has 2 aromatic rings. The molecule has 2 saturated heterocycles. The summed E-state index contributed by atoms with van der Waals surface area (Å²) in [5, 5.41) is 0. The third-order valence-corrected chi connectivity index (χ3v) is 6.34. The van der Waals surface area contributed by atoms with Crippen molar-refractivity contribution in [2.75, 3.05) is 31.6 Å². The molecule has 0 spiro atoms. The van der Waals surface area contributed by atoms with Crippen molar-refractivity contribution in [2.24, 2.45) is 11.8 Å². The van der Waals surface area contributed by atoms with E-state index < -0.39 is 0 Å². The Kier molecular flexibility index (Phi) is 6.07. The summed E-state index contributed by atoms with van der Waals surface area (Å²) in [6, 6.07) is 15.0. The molecule has 4 rings (SSSR count). The van der Waals surface area contributed by atoms with Crippen LogP contribution in [0.15, 0.2) is 48.5 Å². The summed E-state index contributed by atoms with van der Waals surface area (Å²) in [5.74, 6) is 0.321. The van der Waals surface area contributed by atoms with Crippen molar-refractivity contribution in [3.63, 3.8) is 0 Å². The van der Waals surface area contributed by atoms with Gasteiger partial charge in [0, 0.05) is 37.5 Å². The van der Waals surface area contributed by atoms with Crippen molar-refractivity contribution >= 4 is 23.3 Å². The average Bonchev–Trinajstić information content (AvgIpc) is 3.20. The zero-order chi connectivity index (χ0) is 22.0. The normalized spacial score (nSPS) is 19.5. The molecule has 1 atom stereocenters. The molecular weight excluding hydrogens is 392 g/mol. The number of piperidine rings is 1. The smallest absolute Gasteiger partial charge is 0.228 e. The molecule has 162 valence electrons. The van der Waals surface area contributed by atoms with Gasteiger partial charge >= 0.3 is 0 Å². The second-order valence-corrected chi connectivity index (χ2v) is 8.41. The first-order valence-electron chi connectivity index (χ1n) is 10.8. The van der Waals surface area contributed by atoms with Crippen molar-refractivity contribution in [1.82, 2.24) is 4.90 Å². The Bertz CT molecular complexity index is 980. The number of ketones is 1. The van der Waals surface area contributed by atoms with Crippen molar-refractivity contribution in [3.05, 3.63) is 59.7 Å². The van der Waals surface area contributed by atoms with E-state index in [1.165, 1.54) is 0 Å². The van der Waals surface area contributed by atoms with E-state index in [2.05, 4.69) is 0 Å². The molecule has 2 aliphatic heterocycles. The lowest BCUT2D eigenvalue weighted by Crippen LogP contribution is -2.43. The monoisotopic (exact) mass is 420 g/mol. The van der Waals surface area contributed by atoms with E-state index in [0.29, 0.717) is 38.2 Å². The van der Waals surface area contributed by atoms with E-state index in [1.54, 1.807) is 12.0 Å². The van der Waals surface area contributed by atoms with Gasteiger partial charge in [-0.15, -0.1) is 0 Å². The van der Waals surface area contributed by atoms with Crippen LogP contribution >= 0.6 is 0 Å². The number of likely N-dealkylation sites (tertiary alicyclic amines) is 1. The molecule has 0 radical (unpaired) electrons. The summed E-state index contributed by atoms with van der Waals surface area (Å²) in [6.07, 6.45) is 1.53. The predicted octanol–water partition coefficient (Wildman–Crippen LogP) is 3.48. The van der Waals surface area contributed by atoms with Crippen LogP contribution in [0.25, 0.3) is 0 Å². The summed E-state index contributed by atoms with van der Waals surface area (Å²) < 4.78 is 5.42. The van der Waals surface area contributed by atoms with Gasteiger partial charge in [0.05, 0.1) is 18.7 Å². The first-order chi connectivity index (χ1) is 15.0. The van der Waals surface area contributed by atoms with Gasteiger partial charge in [-0.3, -0.25) is 14.4 Å². The first kappa shape index (κ1) is 21.1. The van der Waals surface area contributed by atoms with Crippen LogP contribution in [0.4, 0.5) is 5.69 Å². The minimum atomic E-state index is -0.362. The quantitative estimate of drug-likeness (QED) is 0.695. The number of aryl methyl sites for hydroxylation is 1. The number of ether oxygens (including phenoxy) is 1. The molecule has 0 aliphatic carbocycles. The second-order valence-electron chi connectivity index (χ2n) is 8.41. The van der Waals surface area contributed by atoms with E-state index in [0.717, 1.165) is 16.8 Å². The number of methoxy groups -OCH3 is 1. The average molecular weight is 421 g/mol. The topological polar surface area (TPSA) is 66.9 Å². The van der Waals surface area contributed by atoms with Gasteiger partial charge in [-0.2, -0.15) is 0 Å². The number of rotatable bonds is 5. The molecule has 0 saturated carbocycles. The zero-order valence-corrected chi connectivity index (χ0v) is 18.0. The van der Waals surface area contributed by atoms with Crippen LogP contribution in [-0.4, -0.2) is 49.2 Å². The molecule has 2 fully saturated rings. The SMILES string of the molecule is COc1ccc(C)cc1N1CC(C(=O)N2CCC(C(=O)c3ccccc3)CC2)CC1=O. The maximum Gasteiger partial charge on any atom is 0.228 e. The first-order valence-corrected chi connectivity index (χ1v) is 10.8. The molecule has 6 nitrogen and oxygen atoms in total. The molecule has 31 heavy (non-hydrogen) atoms. The number of hydrogen-bond acceptors (Lipinski definition) is 4. The number of hydrogen-bond donors (Lipinski definition) is 0. The molecule has 2 amide bonds. The molecule has 0 aromatic heterocycles. The van der Waals surface area contributed by atoms with Crippen LogP contribution in [0.2, 0.25) is 0 Å². The van der Waals surface area contributed by atoms with Gasteiger partial charge in [0.15, 0.2) is 5.78 Å². The van der Waals surface area contributed by atoms with Crippen LogP contribution in [0.3, 0.4) is 0 Å². The zero-order valence-electron chi connectivity index (χ0n) is 18.0. The number of carbonyl (C=O) groups is 3. The van der Waals surface area contributed by atoms with Gasteiger partial charge in [0.1, 0.15) is 5.75 Å². The number of Topliss-reactive ketones (excluding diaryl/α,β-unsaturated/α-hetero) is 1. The number of carbonyl (C=O) groups excluding carboxylic acids is 3. The maximum atomic E-state index is 13.1. The Hall–Kier alpha value is -3.15. The molecular formula is C25H28N2O4. The van der Waals surface area contributed by atoms with Crippen LogP contribution < -0.4 is 9.64 Å². The van der Waals surface area contributed by atoms with Crippen molar-refractivity contribution in [1.29, 1.82) is 0 Å². The molecule has 0 bridgehead atoms. The summed E-state index contributed by atoms with van der Waals surface area (Å²) >= 11 is 0. The predicted molar refractivity (Wildman–Crippen MR) is 118 cm³/mol. The fourth-order valence-electron chi connectivity index (χ4n) is 4.58. The maximum absolute atomic E-state index is 13.1. The number of anilines is 1. The summed E-state index contributed by atoms with van der Waals surface area (Å²) in [6.45, 7) is 3.44. The summed E-state index contributed by atoms with van der Waals surface area (Å²) in [5.41, 5.74) is 2.48. The summed E-state index contributed by atoms with van der Waals surface area (Å²) in [4.78, 5) is 42.0. The Balaban J connectivity index is 1.38. The Labute approximate surface area is 182 Å². The van der Waals surface area contributed by atoms with Crippen molar-refractivity contribution in [3.8, 4) is 5.75 Å². The molecule has 6 heteroatoms. The van der Waals surface area contributed by atoms with E-state index >= 15 is 0 Å². The lowest BCUT2D eigenvalue weighted by Gasteiger charge is -2.33. The van der Waals surface area contributed by atoms with Gasteiger partial charge in [-0.05, 0) is 37.5 Å². The van der Waals surface area contributed by atoms with Crippen LogP contribution in [0.5, 0.6) is 5.75 Å². The van der Waals surface area contributed by atoms with E-state index in [4.69, 9.17) is 4.74 Å². The van der Waals surface area contributed by atoms with Crippen molar-refractivity contribution < 1.29 is 19.1 Å². The molecule has 0 N–H and O–H groups in total. The number of amides is 2. The largest absolute Gasteiger partial charge is 0.495 e. The fraction of sp³-hybridized carbons (Fsp3) is 0.400. The second kappa shape index (κ2) is 8.92. The van der Waals surface area contributed by atoms with Crippen molar-refractivity contribution in [2.45, 2.75) is 26.2 Å². The highest BCUT2D eigenvalue weighted by Crippen LogP contribution is 2.35. The highest BCUT2D eigenvalue weighted by molar-refractivity contribution is 6.01. The minimum absolute atomic E-state index is 0.00748. The fourth-order valence-corrected chi connectivity index (χ4v) is 4.58. The highest BCUT2D eigenvalue weighted by Gasteiger charge is 2.39. The molecule has 2 aliphatic rings. The standard InChI is InChI=1S/C25H28N2O4/c1-17-8-9-22(31-2)21(14-17)27-16-20(15-23(27)28)25(30)26-12-10-19(11-13-26)24(29)18-6-4-3-5-7-18/h3-9,14,19-20H,10-13,15-16H2,1-2H3. The van der Waals surface area contributed by atoms with E-state index in [9.17, 15) is 14.4 Å². The number of nitrogens with zero attached hydrogens (tertiary/aromatic N) is 2. The van der Waals surface area contributed by atoms with Gasteiger partial charge < -0.3 is 14.5 Å². The lowest BCUT2D eigenvalue weighted by molar-refractivity contribution is -0.137. The lowest BCUT2D eigenvalue weighted by atomic mass is 9.88. The third kappa shape index (κ3) is 4.33. The minimum Gasteiger partial charge on any atom is -0.495 e. The molecule has 2 heterocycles. The van der Waals surface area contributed by atoms with Gasteiger partial charge in [-0.1, -0.05) is 36.4 Å². The van der Waals surface area contributed by atoms with Crippen LogP contribution in [0.1, 0.15) is 35.2 Å². The highest BCUT2D eigenvalue weighted by atomic mass is 16.5. The van der Waals surface area contributed by atoms with Gasteiger partial charge in [0.2, 0.25) is 11.8 Å².